The Morgan fingerprint density at radius 3 is 2.68 bits per heavy atom. The Labute approximate surface area is 123 Å². The van der Waals surface area contributed by atoms with Gasteiger partial charge in [-0.15, -0.1) is 0 Å². The van der Waals surface area contributed by atoms with Crippen LogP contribution in [0.25, 0.3) is 0 Å². The average Bonchev–Trinajstić information content (AvgIpc) is 2.33. The molecule has 0 heterocycles. The van der Waals surface area contributed by atoms with Gasteiger partial charge in [0.05, 0.1) is 5.02 Å². The molecule has 2 aromatic rings. The second-order valence-electron chi connectivity index (χ2n) is 3.93. The lowest BCUT2D eigenvalue weighted by molar-refractivity contribution is 0.0694. The molecule has 0 saturated carbocycles. The molecule has 2 aromatic carbocycles. The minimum Gasteiger partial charge on any atom is -0.478 e. The summed E-state index contributed by atoms with van der Waals surface area (Å²) in [6, 6.07) is 10.2. The van der Waals surface area contributed by atoms with Gasteiger partial charge in [0.2, 0.25) is 0 Å². The Balaban J connectivity index is 2.40. The van der Waals surface area contributed by atoms with Crippen LogP contribution < -0.4 is 4.74 Å². The van der Waals surface area contributed by atoms with Crippen molar-refractivity contribution in [2.45, 2.75) is 6.92 Å². The van der Waals surface area contributed by atoms with Gasteiger partial charge >= 0.3 is 5.97 Å². The van der Waals surface area contributed by atoms with Gasteiger partial charge in [0, 0.05) is 4.47 Å². The first kappa shape index (κ1) is 13.9. The Hall–Kier alpha value is -1.52. The fraction of sp³-hybridized carbons (Fsp3) is 0.0714. The maximum absolute atomic E-state index is 11.2. The van der Waals surface area contributed by atoms with E-state index in [2.05, 4.69) is 15.9 Å². The molecule has 3 nitrogen and oxygen atoms in total. The van der Waals surface area contributed by atoms with Crippen LogP contribution in [-0.2, 0) is 0 Å². The van der Waals surface area contributed by atoms with E-state index in [1.807, 2.05) is 19.1 Å². The number of halogens is 2. The third kappa shape index (κ3) is 3.08. The first-order valence-electron chi connectivity index (χ1n) is 5.45. The molecule has 0 spiro atoms. The molecule has 1 N–H and O–H groups in total. The van der Waals surface area contributed by atoms with Crippen LogP contribution in [0.3, 0.4) is 0 Å². The Morgan fingerprint density at radius 2 is 2.05 bits per heavy atom. The van der Waals surface area contributed by atoms with E-state index in [9.17, 15) is 4.79 Å². The molecule has 98 valence electrons. The number of carboxylic acids is 1. The lowest BCUT2D eigenvalue weighted by atomic mass is 10.2. The molecule has 0 amide bonds. The predicted octanol–water partition coefficient (Wildman–Crippen LogP) is 4.90. The van der Waals surface area contributed by atoms with E-state index in [4.69, 9.17) is 21.4 Å². The molecule has 19 heavy (non-hydrogen) atoms. The summed E-state index contributed by atoms with van der Waals surface area (Å²) in [6.45, 7) is 1.92. The molecule has 2 rings (SSSR count). The van der Waals surface area contributed by atoms with Crippen molar-refractivity contribution in [2.75, 3.05) is 0 Å². The number of benzene rings is 2. The van der Waals surface area contributed by atoms with Crippen molar-refractivity contribution in [3.05, 3.63) is 57.0 Å². The molecule has 0 aliphatic rings. The first-order valence-corrected chi connectivity index (χ1v) is 6.62. The third-order valence-corrected chi connectivity index (χ3v) is 3.75. The SMILES string of the molecule is Cc1cc(Oc2cccc(Cl)c2C(=O)O)ccc1Br. The lowest BCUT2D eigenvalue weighted by Gasteiger charge is -2.10. The molecule has 5 heteroatoms. The van der Waals surface area contributed by atoms with Crippen LogP contribution in [0.5, 0.6) is 11.5 Å². The number of rotatable bonds is 3. The second-order valence-corrected chi connectivity index (χ2v) is 5.19. The third-order valence-electron chi connectivity index (χ3n) is 2.55. The number of ether oxygens (including phenoxy) is 1. The first-order chi connectivity index (χ1) is 8.99. The van der Waals surface area contributed by atoms with Crippen LogP contribution in [0.4, 0.5) is 0 Å². The number of hydrogen-bond donors (Lipinski definition) is 1. The van der Waals surface area contributed by atoms with Gasteiger partial charge in [-0.2, -0.15) is 0 Å². The zero-order valence-electron chi connectivity index (χ0n) is 9.98. The summed E-state index contributed by atoms with van der Waals surface area (Å²) in [7, 11) is 0. The van der Waals surface area contributed by atoms with Crippen LogP contribution in [-0.4, -0.2) is 11.1 Å². The molecule has 0 atom stereocenters. The summed E-state index contributed by atoms with van der Waals surface area (Å²) in [6.07, 6.45) is 0. The highest BCUT2D eigenvalue weighted by Crippen LogP contribution is 2.31. The van der Waals surface area contributed by atoms with Crippen molar-refractivity contribution >= 4 is 33.5 Å². The van der Waals surface area contributed by atoms with E-state index in [1.54, 1.807) is 18.2 Å². The molecule has 0 aliphatic carbocycles. The summed E-state index contributed by atoms with van der Waals surface area (Å²) in [5, 5.41) is 9.30. The maximum Gasteiger partial charge on any atom is 0.341 e. The number of aromatic carboxylic acids is 1. The van der Waals surface area contributed by atoms with Crippen LogP contribution in [0, 0.1) is 6.92 Å². The van der Waals surface area contributed by atoms with Gasteiger partial charge in [-0.25, -0.2) is 4.79 Å². The molecular weight excluding hydrogens is 332 g/mol. The summed E-state index contributed by atoms with van der Waals surface area (Å²) in [5.74, 6) is -0.332. The van der Waals surface area contributed by atoms with Crippen molar-refractivity contribution in [1.29, 1.82) is 0 Å². The molecule has 0 aromatic heterocycles. The van der Waals surface area contributed by atoms with Crippen LogP contribution >= 0.6 is 27.5 Å². The van der Waals surface area contributed by atoms with Crippen LogP contribution in [0.1, 0.15) is 15.9 Å². The summed E-state index contributed by atoms with van der Waals surface area (Å²) in [4.78, 5) is 11.2. The highest BCUT2D eigenvalue weighted by atomic mass is 79.9. The number of hydrogen-bond acceptors (Lipinski definition) is 2. The fourth-order valence-electron chi connectivity index (χ4n) is 1.60. The van der Waals surface area contributed by atoms with Gasteiger partial charge in [-0.05, 0) is 42.8 Å². The maximum atomic E-state index is 11.2. The average molecular weight is 342 g/mol. The highest BCUT2D eigenvalue weighted by Gasteiger charge is 2.16. The summed E-state index contributed by atoms with van der Waals surface area (Å²) < 4.78 is 6.56. The van der Waals surface area contributed by atoms with Gasteiger partial charge in [-0.1, -0.05) is 33.6 Å². The molecule has 0 radical (unpaired) electrons. The smallest absolute Gasteiger partial charge is 0.341 e. The number of carbonyl (C=O) groups is 1. The topological polar surface area (TPSA) is 46.5 Å². The van der Waals surface area contributed by atoms with Crippen LogP contribution in [0.2, 0.25) is 5.02 Å². The van der Waals surface area contributed by atoms with Gasteiger partial charge < -0.3 is 9.84 Å². The van der Waals surface area contributed by atoms with Crippen molar-refractivity contribution in [2.24, 2.45) is 0 Å². The molecule has 0 saturated heterocycles. The van der Waals surface area contributed by atoms with Gasteiger partial charge in [0.1, 0.15) is 17.1 Å². The Morgan fingerprint density at radius 1 is 1.32 bits per heavy atom. The molecule has 0 unspecified atom stereocenters. The van der Waals surface area contributed by atoms with Crippen molar-refractivity contribution in [1.82, 2.24) is 0 Å². The summed E-state index contributed by atoms with van der Waals surface area (Å²) in [5.41, 5.74) is 0.959. The lowest BCUT2D eigenvalue weighted by Crippen LogP contribution is -2.01. The van der Waals surface area contributed by atoms with E-state index in [1.165, 1.54) is 6.07 Å². The van der Waals surface area contributed by atoms with E-state index >= 15 is 0 Å². The van der Waals surface area contributed by atoms with E-state index in [-0.39, 0.29) is 16.3 Å². The second kappa shape index (κ2) is 5.63. The van der Waals surface area contributed by atoms with E-state index in [0.29, 0.717) is 5.75 Å². The number of aryl methyl sites for hydroxylation is 1. The van der Waals surface area contributed by atoms with E-state index < -0.39 is 5.97 Å². The Kier molecular flexibility index (Phi) is 4.12. The normalized spacial score (nSPS) is 10.3. The minimum absolute atomic E-state index is 0.0373. The van der Waals surface area contributed by atoms with Crippen molar-refractivity contribution in [3.8, 4) is 11.5 Å². The van der Waals surface area contributed by atoms with Gasteiger partial charge in [0.15, 0.2) is 0 Å². The molecule has 0 bridgehead atoms. The minimum atomic E-state index is -1.12. The molecule has 0 fully saturated rings. The predicted molar refractivity (Wildman–Crippen MR) is 77.4 cm³/mol. The van der Waals surface area contributed by atoms with E-state index in [0.717, 1.165) is 10.0 Å². The highest BCUT2D eigenvalue weighted by molar-refractivity contribution is 9.10. The summed E-state index contributed by atoms with van der Waals surface area (Å²) >= 11 is 9.27. The monoisotopic (exact) mass is 340 g/mol. The number of carboxylic acid groups (broad SMARTS) is 1. The molecular formula is C14H10BrClO3. The standard InChI is InChI=1S/C14H10BrClO3/c1-8-7-9(5-6-10(8)15)19-12-4-2-3-11(16)13(12)14(17)18/h2-7H,1H3,(H,17,18). The van der Waals surface area contributed by atoms with Crippen molar-refractivity contribution in [3.63, 3.8) is 0 Å². The van der Waals surface area contributed by atoms with Gasteiger partial charge in [-0.3, -0.25) is 0 Å². The van der Waals surface area contributed by atoms with Gasteiger partial charge in [0.25, 0.3) is 0 Å². The fourth-order valence-corrected chi connectivity index (χ4v) is 2.10. The zero-order chi connectivity index (χ0) is 14.0. The molecule has 0 aliphatic heterocycles. The zero-order valence-corrected chi connectivity index (χ0v) is 12.3. The quantitative estimate of drug-likeness (QED) is 0.863. The largest absolute Gasteiger partial charge is 0.478 e. The van der Waals surface area contributed by atoms with Crippen molar-refractivity contribution < 1.29 is 14.6 Å². The Bertz CT molecular complexity index is 641. The van der Waals surface area contributed by atoms with Crippen LogP contribution in [0.15, 0.2) is 40.9 Å².